The molecule has 8 nitrogen and oxygen atoms in total. The Morgan fingerprint density at radius 1 is 0.957 bits per heavy atom. The number of carboxylic acids is 2. The van der Waals surface area contributed by atoms with Crippen LogP contribution in [0.4, 0.5) is 0 Å². The van der Waals surface area contributed by atoms with Crippen molar-refractivity contribution < 1.29 is 38.8 Å². The fourth-order valence-electron chi connectivity index (χ4n) is 2.24. The molecule has 0 radical (unpaired) electrons. The van der Waals surface area contributed by atoms with Crippen molar-refractivity contribution >= 4 is 17.7 Å². The van der Waals surface area contributed by atoms with E-state index in [-0.39, 0.29) is 11.5 Å². The Bertz CT molecular complexity index is 597. The summed E-state index contributed by atoms with van der Waals surface area (Å²) in [6, 6.07) is 2.97. The summed E-state index contributed by atoms with van der Waals surface area (Å²) < 4.78 is 15.5. The minimum absolute atomic E-state index is 0.278. The largest absolute Gasteiger partial charge is 0.493 e. The fraction of sp³-hybridized carbons (Fsp3) is 0.400. The van der Waals surface area contributed by atoms with Crippen LogP contribution in [0.15, 0.2) is 12.1 Å². The summed E-state index contributed by atoms with van der Waals surface area (Å²) in [5.74, 6) is -6.47. The molecule has 1 aromatic carbocycles. The molecule has 0 saturated carbocycles. The standard InChI is InChI=1S/C15H18O8/c1-7(11(14(17)18)12(16)15(19)20)8-5-9(21-2)13(23-4)10(6-8)22-3/h5-7,11H,1-4H3,(H,17,18)(H,19,20)/t7-,11-/m0/s1. The minimum Gasteiger partial charge on any atom is -0.493 e. The summed E-state index contributed by atoms with van der Waals surface area (Å²) in [5.41, 5.74) is 0.376. The number of ether oxygens (including phenoxy) is 3. The van der Waals surface area contributed by atoms with Gasteiger partial charge in [0.2, 0.25) is 5.75 Å². The van der Waals surface area contributed by atoms with Gasteiger partial charge in [-0.1, -0.05) is 6.92 Å². The van der Waals surface area contributed by atoms with Crippen LogP contribution in [0.3, 0.4) is 0 Å². The van der Waals surface area contributed by atoms with Gasteiger partial charge in [0, 0.05) is 5.92 Å². The molecule has 2 atom stereocenters. The molecule has 0 aromatic heterocycles. The van der Waals surface area contributed by atoms with Crippen molar-refractivity contribution in [1.29, 1.82) is 0 Å². The van der Waals surface area contributed by atoms with Crippen LogP contribution in [0.1, 0.15) is 18.4 Å². The number of carboxylic acid groups (broad SMARTS) is 2. The molecule has 0 aliphatic carbocycles. The van der Waals surface area contributed by atoms with Crippen molar-refractivity contribution in [2.24, 2.45) is 5.92 Å². The Kier molecular flexibility index (Phi) is 5.94. The van der Waals surface area contributed by atoms with Crippen LogP contribution < -0.4 is 14.2 Å². The van der Waals surface area contributed by atoms with Crippen LogP contribution in [0.5, 0.6) is 17.2 Å². The predicted molar refractivity (Wildman–Crippen MR) is 78.3 cm³/mol. The average Bonchev–Trinajstić information content (AvgIpc) is 2.52. The lowest BCUT2D eigenvalue weighted by atomic mass is 9.84. The molecule has 0 fully saturated rings. The van der Waals surface area contributed by atoms with Gasteiger partial charge in [0.15, 0.2) is 11.5 Å². The normalized spacial score (nSPS) is 12.9. The maximum atomic E-state index is 11.7. The van der Waals surface area contributed by atoms with Crippen LogP contribution in [0.25, 0.3) is 0 Å². The molecule has 0 aliphatic rings. The Balaban J connectivity index is 3.40. The molecule has 0 unspecified atom stereocenters. The zero-order chi connectivity index (χ0) is 17.7. The monoisotopic (exact) mass is 326 g/mol. The van der Waals surface area contributed by atoms with Crippen molar-refractivity contribution in [3.63, 3.8) is 0 Å². The van der Waals surface area contributed by atoms with Crippen LogP contribution in [-0.2, 0) is 14.4 Å². The third kappa shape index (κ3) is 3.71. The molecule has 0 heterocycles. The number of Topliss-reactive ketones (excluding diaryl/α,β-unsaturated/α-hetero) is 1. The molecule has 0 amide bonds. The second kappa shape index (κ2) is 7.48. The van der Waals surface area contributed by atoms with Crippen molar-refractivity contribution in [2.75, 3.05) is 21.3 Å². The molecule has 1 aromatic rings. The van der Waals surface area contributed by atoms with Gasteiger partial charge in [-0.2, -0.15) is 0 Å². The van der Waals surface area contributed by atoms with E-state index in [1.165, 1.54) is 40.4 Å². The molecule has 126 valence electrons. The van der Waals surface area contributed by atoms with Gasteiger partial charge in [0.05, 0.1) is 21.3 Å². The third-order valence-electron chi connectivity index (χ3n) is 3.47. The van der Waals surface area contributed by atoms with Crippen LogP contribution in [0, 0.1) is 5.92 Å². The van der Waals surface area contributed by atoms with E-state index in [4.69, 9.17) is 19.3 Å². The molecule has 0 aliphatic heterocycles. The molecule has 0 bridgehead atoms. The summed E-state index contributed by atoms with van der Waals surface area (Å²) in [7, 11) is 4.20. The summed E-state index contributed by atoms with van der Waals surface area (Å²) in [4.78, 5) is 33.8. The minimum atomic E-state index is -1.79. The molecule has 23 heavy (non-hydrogen) atoms. The number of carbonyl (C=O) groups is 3. The van der Waals surface area contributed by atoms with Gasteiger partial charge in [0.1, 0.15) is 5.92 Å². The maximum Gasteiger partial charge on any atom is 0.373 e. The van der Waals surface area contributed by atoms with Gasteiger partial charge in [-0.15, -0.1) is 0 Å². The Morgan fingerprint density at radius 3 is 1.74 bits per heavy atom. The molecule has 0 saturated heterocycles. The first-order valence-electron chi connectivity index (χ1n) is 6.58. The first-order chi connectivity index (χ1) is 10.8. The van der Waals surface area contributed by atoms with E-state index in [0.29, 0.717) is 11.3 Å². The SMILES string of the molecule is COc1cc([C@H](C)[C@H](C(=O)O)C(=O)C(=O)O)cc(OC)c1OC. The molecule has 8 heteroatoms. The molecule has 2 N–H and O–H groups in total. The number of hydrogen-bond donors (Lipinski definition) is 2. The smallest absolute Gasteiger partial charge is 0.373 e. The topological polar surface area (TPSA) is 119 Å². The lowest BCUT2D eigenvalue weighted by Crippen LogP contribution is -2.33. The first kappa shape index (κ1) is 18.3. The van der Waals surface area contributed by atoms with Crippen LogP contribution in [0.2, 0.25) is 0 Å². The highest BCUT2D eigenvalue weighted by Gasteiger charge is 2.37. The summed E-state index contributed by atoms with van der Waals surface area (Å²) in [5, 5.41) is 18.0. The highest BCUT2D eigenvalue weighted by molar-refractivity contribution is 6.37. The summed E-state index contributed by atoms with van der Waals surface area (Å²) in [6.07, 6.45) is 0. The van der Waals surface area contributed by atoms with Gasteiger partial charge in [-0.25, -0.2) is 4.79 Å². The van der Waals surface area contributed by atoms with E-state index in [0.717, 1.165) is 0 Å². The summed E-state index contributed by atoms with van der Waals surface area (Å²) >= 11 is 0. The van der Waals surface area contributed by atoms with Crippen LogP contribution in [-0.4, -0.2) is 49.3 Å². The van der Waals surface area contributed by atoms with E-state index >= 15 is 0 Å². The lowest BCUT2D eigenvalue weighted by molar-refractivity contribution is -0.157. The highest BCUT2D eigenvalue weighted by Crippen LogP contribution is 2.41. The average molecular weight is 326 g/mol. The highest BCUT2D eigenvalue weighted by atomic mass is 16.5. The molecular weight excluding hydrogens is 308 g/mol. The number of methoxy groups -OCH3 is 3. The molecular formula is C15H18O8. The van der Waals surface area contributed by atoms with Gasteiger partial charge in [-0.3, -0.25) is 9.59 Å². The van der Waals surface area contributed by atoms with E-state index in [9.17, 15) is 19.5 Å². The second-order valence-electron chi connectivity index (χ2n) is 4.73. The number of ketones is 1. The number of benzene rings is 1. The fourth-order valence-corrected chi connectivity index (χ4v) is 2.24. The Hall–Kier alpha value is -2.77. The number of aliphatic carboxylic acids is 2. The van der Waals surface area contributed by atoms with E-state index in [2.05, 4.69) is 0 Å². The van der Waals surface area contributed by atoms with Crippen molar-refractivity contribution in [1.82, 2.24) is 0 Å². The number of rotatable bonds is 8. The number of hydrogen-bond acceptors (Lipinski definition) is 6. The predicted octanol–water partition coefficient (Wildman–Crippen LogP) is 1.17. The van der Waals surface area contributed by atoms with Crippen molar-refractivity contribution in [3.05, 3.63) is 17.7 Å². The Morgan fingerprint density at radius 2 is 1.43 bits per heavy atom. The Labute approximate surface area is 132 Å². The quantitative estimate of drug-likeness (QED) is 0.539. The summed E-state index contributed by atoms with van der Waals surface area (Å²) in [6.45, 7) is 1.44. The second-order valence-corrected chi connectivity index (χ2v) is 4.73. The van der Waals surface area contributed by atoms with Crippen LogP contribution >= 0.6 is 0 Å². The van der Waals surface area contributed by atoms with Crippen molar-refractivity contribution in [3.8, 4) is 17.2 Å². The van der Waals surface area contributed by atoms with Gasteiger partial charge in [0.25, 0.3) is 5.78 Å². The van der Waals surface area contributed by atoms with Gasteiger partial charge >= 0.3 is 11.9 Å². The zero-order valence-electron chi connectivity index (χ0n) is 13.2. The molecule has 1 rings (SSSR count). The first-order valence-corrected chi connectivity index (χ1v) is 6.58. The van der Waals surface area contributed by atoms with Gasteiger partial charge in [-0.05, 0) is 17.7 Å². The van der Waals surface area contributed by atoms with E-state index < -0.39 is 29.6 Å². The zero-order valence-corrected chi connectivity index (χ0v) is 13.2. The van der Waals surface area contributed by atoms with Crippen molar-refractivity contribution in [2.45, 2.75) is 12.8 Å². The lowest BCUT2D eigenvalue weighted by Gasteiger charge is -2.20. The maximum absolute atomic E-state index is 11.7. The van der Waals surface area contributed by atoms with E-state index in [1.807, 2.05) is 0 Å². The van der Waals surface area contributed by atoms with E-state index in [1.54, 1.807) is 0 Å². The third-order valence-corrected chi connectivity index (χ3v) is 3.47. The molecule has 0 spiro atoms. The van der Waals surface area contributed by atoms with Gasteiger partial charge < -0.3 is 24.4 Å². The number of carbonyl (C=O) groups excluding carboxylic acids is 1.